The highest BCUT2D eigenvalue weighted by Gasteiger charge is 2.22. The Hall–Kier alpha value is -3.85. The molecule has 2 aromatic rings. The number of unbranched alkanes of at least 4 members (excludes halogenated alkanes) is 21. The van der Waals surface area contributed by atoms with Gasteiger partial charge in [0.15, 0.2) is 0 Å². The number of hydrogen-bond acceptors (Lipinski definition) is 14. The second kappa shape index (κ2) is 51.7. The molecule has 2 heterocycles. The lowest BCUT2D eigenvalue weighted by Gasteiger charge is -2.32. The molecule has 2 aliphatic rings. The maximum absolute atomic E-state index is 12.7. The fraction of sp³-hybridized carbons (Fsp3) is 0.743. The minimum Gasteiger partial charge on any atom is -0.465 e. The molecule has 2 saturated heterocycles. The van der Waals surface area contributed by atoms with E-state index in [4.69, 9.17) is 23.7 Å². The molecule has 1 atom stereocenters. The van der Waals surface area contributed by atoms with Crippen LogP contribution < -0.4 is 9.47 Å². The van der Waals surface area contributed by atoms with E-state index in [-0.39, 0.29) is 48.8 Å². The molecule has 0 aliphatic carbocycles. The average molecular weight is 1260 g/mol. The molecule has 2 fully saturated rings. The van der Waals surface area contributed by atoms with Gasteiger partial charge in [-0.3, -0.25) is 24.0 Å². The quantitative estimate of drug-likeness (QED) is 0.0155. The fourth-order valence-corrected chi connectivity index (χ4v) is 13.8. The van der Waals surface area contributed by atoms with Crippen molar-refractivity contribution in [2.24, 2.45) is 11.8 Å². The van der Waals surface area contributed by atoms with Crippen molar-refractivity contribution in [2.45, 2.75) is 277 Å². The third-order valence-corrected chi connectivity index (χ3v) is 19.9. The lowest BCUT2D eigenvalue weighted by Crippen LogP contribution is -2.36. The molecule has 0 radical (unpaired) electrons. The van der Waals surface area contributed by atoms with E-state index in [1.165, 1.54) is 89.9 Å². The minimum atomic E-state index is -0.257. The first-order valence-electron chi connectivity index (χ1n) is 35.6. The maximum Gasteiger partial charge on any atom is 0.311 e. The standard InChI is InChI=1S/C74H120N2O10S2/c1-4-7-10-12-14-15-16-17-18-19-20-21-22-25-29-35-71(78)85-68-41-37-65(38-42-68)61-73(80)82-57-49-63-45-51-75(52-46-63)55-59-87-88-60-56-76-53-47-64(48-54-76)50-58-83-74(81)62-66-39-43-69(44-40-66)86-72(79)36-31-27-23-26-30-34-70(77)84-67(32-9-6-3)33-28-24-13-11-8-5-2/h17-18,37-44,63-64,67H,4-16,19-36,45-62H2,1-3H3/b18-17-. The van der Waals surface area contributed by atoms with Gasteiger partial charge in [0.2, 0.25) is 0 Å². The molecule has 0 spiro atoms. The lowest BCUT2D eigenvalue weighted by atomic mass is 9.94. The van der Waals surface area contributed by atoms with Gasteiger partial charge in [0.25, 0.3) is 0 Å². The number of nitrogens with zero attached hydrogens (tertiary/aromatic N) is 2. The number of esters is 5. The largest absolute Gasteiger partial charge is 0.465 e. The zero-order chi connectivity index (χ0) is 62.8. The van der Waals surface area contributed by atoms with Gasteiger partial charge in [-0.05, 0) is 176 Å². The Kier molecular flexibility index (Phi) is 45.0. The molecule has 12 nitrogen and oxygen atoms in total. The Morgan fingerprint density at radius 3 is 1.23 bits per heavy atom. The van der Waals surface area contributed by atoms with Crippen molar-refractivity contribution in [2.75, 3.05) is 64.0 Å². The van der Waals surface area contributed by atoms with E-state index in [1.807, 2.05) is 45.9 Å². The SMILES string of the molecule is CCCCCCCC/C=C\CCCCCCCC(=O)Oc1ccc(CC(=O)OCCC2CCN(CCSSCCN3CCC(CCOC(=O)Cc4ccc(OC(=O)CCCCCCCC(=O)OC(CCCC)CCCCCCCC)cc4)CC3)CC2)cc1. The number of likely N-dealkylation sites (tertiary alicyclic amines) is 2. The predicted octanol–water partition coefficient (Wildman–Crippen LogP) is 18.6. The van der Waals surface area contributed by atoms with Gasteiger partial charge in [-0.25, -0.2) is 0 Å². The minimum absolute atomic E-state index is 0.0601. The maximum atomic E-state index is 12.7. The molecule has 2 aromatic carbocycles. The van der Waals surface area contributed by atoms with Crippen LogP contribution in [-0.2, 0) is 51.0 Å². The van der Waals surface area contributed by atoms with Crippen molar-refractivity contribution in [1.29, 1.82) is 0 Å². The van der Waals surface area contributed by atoms with Gasteiger partial charge < -0.3 is 33.5 Å². The second-order valence-corrected chi connectivity index (χ2v) is 27.9. The monoisotopic (exact) mass is 1260 g/mol. The van der Waals surface area contributed by atoms with E-state index in [2.05, 4.69) is 42.7 Å². The van der Waals surface area contributed by atoms with Gasteiger partial charge >= 0.3 is 29.8 Å². The van der Waals surface area contributed by atoms with Crippen LogP contribution in [0.4, 0.5) is 0 Å². The van der Waals surface area contributed by atoms with E-state index in [0.29, 0.717) is 55.8 Å². The van der Waals surface area contributed by atoms with Gasteiger partial charge in [-0.1, -0.05) is 194 Å². The molecule has 14 heteroatoms. The van der Waals surface area contributed by atoms with Crippen LogP contribution in [0.5, 0.6) is 11.5 Å². The zero-order valence-electron chi connectivity index (χ0n) is 55.4. The van der Waals surface area contributed by atoms with E-state index >= 15 is 0 Å². The summed E-state index contributed by atoms with van der Waals surface area (Å²) in [6.07, 6.45) is 44.8. The summed E-state index contributed by atoms with van der Waals surface area (Å²) < 4.78 is 28.3. The summed E-state index contributed by atoms with van der Waals surface area (Å²) in [6, 6.07) is 14.4. The van der Waals surface area contributed by atoms with Gasteiger partial charge in [0.1, 0.15) is 17.6 Å². The number of allylic oxidation sites excluding steroid dienone is 2. The first-order chi connectivity index (χ1) is 43.1. The second-order valence-electron chi connectivity index (χ2n) is 25.2. The summed E-state index contributed by atoms with van der Waals surface area (Å²) >= 11 is 0. The van der Waals surface area contributed by atoms with Crippen LogP contribution in [0.1, 0.15) is 269 Å². The summed E-state index contributed by atoms with van der Waals surface area (Å²) in [5, 5.41) is 0. The zero-order valence-corrected chi connectivity index (χ0v) is 57.1. The molecule has 498 valence electrons. The third kappa shape index (κ3) is 40.1. The van der Waals surface area contributed by atoms with Crippen molar-refractivity contribution in [3.63, 3.8) is 0 Å². The number of carbonyl (C=O) groups is 5. The van der Waals surface area contributed by atoms with Crippen LogP contribution in [0, 0.1) is 11.8 Å². The highest BCUT2D eigenvalue weighted by atomic mass is 33.1. The number of carbonyl (C=O) groups excluding carboxylic acids is 5. The molecule has 0 bridgehead atoms. The number of ether oxygens (including phenoxy) is 5. The van der Waals surface area contributed by atoms with Crippen molar-refractivity contribution in [3.8, 4) is 11.5 Å². The van der Waals surface area contributed by atoms with Crippen LogP contribution in [0.15, 0.2) is 60.7 Å². The van der Waals surface area contributed by atoms with Gasteiger partial charge in [0, 0.05) is 43.9 Å². The van der Waals surface area contributed by atoms with E-state index < -0.39 is 0 Å². The van der Waals surface area contributed by atoms with Crippen molar-refractivity contribution < 1.29 is 47.7 Å². The van der Waals surface area contributed by atoms with Crippen LogP contribution in [0.25, 0.3) is 0 Å². The number of hydrogen-bond donors (Lipinski definition) is 0. The Morgan fingerprint density at radius 2 is 0.807 bits per heavy atom. The van der Waals surface area contributed by atoms with Crippen LogP contribution in [0.2, 0.25) is 0 Å². The lowest BCUT2D eigenvalue weighted by molar-refractivity contribution is -0.150. The molecule has 0 saturated carbocycles. The molecule has 0 amide bonds. The van der Waals surface area contributed by atoms with Crippen LogP contribution >= 0.6 is 21.6 Å². The number of piperidine rings is 2. The number of benzene rings is 2. The summed E-state index contributed by atoms with van der Waals surface area (Å²) in [4.78, 5) is 67.9. The fourth-order valence-electron chi connectivity index (χ4n) is 11.8. The molecule has 88 heavy (non-hydrogen) atoms. The number of rotatable bonds is 53. The topological polar surface area (TPSA) is 138 Å². The van der Waals surface area contributed by atoms with Crippen molar-refractivity contribution >= 4 is 51.4 Å². The van der Waals surface area contributed by atoms with Gasteiger partial charge in [-0.15, -0.1) is 0 Å². The Morgan fingerprint density at radius 1 is 0.443 bits per heavy atom. The normalized spacial score (nSPS) is 14.7. The molecular weight excluding hydrogens is 1140 g/mol. The smallest absolute Gasteiger partial charge is 0.311 e. The predicted molar refractivity (Wildman–Crippen MR) is 365 cm³/mol. The third-order valence-electron chi connectivity index (χ3n) is 17.5. The van der Waals surface area contributed by atoms with E-state index in [0.717, 1.165) is 190 Å². The first kappa shape index (κ1) is 76.6. The molecular formula is C74H120N2O10S2. The summed E-state index contributed by atoms with van der Waals surface area (Å²) in [5.41, 5.74) is 1.69. The Bertz CT molecular complexity index is 2120. The summed E-state index contributed by atoms with van der Waals surface area (Å²) in [7, 11) is 3.97. The molecule has 0 aromatic heterocycles. The average Bonchev–Trinajstić information content (AvgIpc) is 3.58. The molecule has 2 aliphatic heterocycles. The van der Waals surface area contributed by atoms with Gasteiger partial charge in [0.05, 0.1) is 26.1 Å². The highest BCUT2D eigenvalue weighted by molar-refractivity contribution is 8.76. The van der Waals surface area contributed by atoms with E-state index in [1.54, 1.807) is 24.3 Å². The van der Waals surface area contributed by atoms with Gasteiger partial charge in [-0.2, -0.15) is 0 Å². The Labute approximate surface area is 542 Å². The first-order valence-corrected chi connectivity index (χ1v) is 38.0. The molecule has 4 rings (SSSR count). The van der Waals surface area contributed by atoms with Crippen molar-refractivity contribution in [3.05, 3.63) is 71.8 Å². The Balaban J connectivity index is 0.895. The molecule has 1 unspecified atom stereocenters. The summed E-state index contributed by atoms with van der Waals surface area (Å²) in [5.74, 6) is 3.45. The highest BCUT2D eigenvalue weighted by Crippen LogP contribution is 2.27. The van der Waals surface area contributed by atoms with Crippen LogP contribution in [0.3, 0.4) is 0 Å². The molecule has 0 N–H and O–H groups in total. The van der Waals surface area contributed by atoms with Crippen LogP contribution in [-0.4, -0.2) is 110 Å². The van der Waals surface area contributed by atoms with Crippen molar-refractivity contribution in [1.82, 2.24) is 9.80 Å². The summed E-state index contributed by atoms with van der Waals surface area (Å²) in [6.45, 7) is 14.2. The van der Waals surface area contributed by atoms with E-state index in [9.17, 15) is 24.0 Å².